The molecule has 5 heteroatoms. The number of hydrogen-bond acceptors (Lipinski definition) is 3. The summed E-state index contributed by atoms with van der Waals surface area (Å²) in [7, 11) is 1.74. The van der Waals surface area contributed by atoms with Crippen LogP contribution in [0.15, 0.2) is 6.20 Å². The summed E-state index contributed by atoms with van der Waals surface area (Å²) in [5.74, 6) is 0.449. The van der Waals surface area contributed by atoms with Gasteiger partial charge < -0.3 is 10.6 Å². The molecule has 1 fully saturated rings. The predicted octanol–water partition coefficient (Wildman–Crippen LogP) is 0.627. The minimum Gasteiger partial charge on any atom is -0.383 e. The second kappa shape index (κ2) is 3.56. The van der Waals surface area contributed by atoms with E-state index in [1.807, 2.05) is 11.8 Å². The fraction of sp³-hybridized carbons (Fsp3) is 0.600. The number of aryl methyl sites for hydroxylation is 1. The normalized spacial score (nSPS) is 15.3. The number of anilines is 1. The Morgan fingerprint density at radius 1 is 1.73 bits per heavy atom. The monoisotopic (exact) mass is 208 g/mol. The van der Waals surface area contributed by atoms with Crippen molar-refractivity contribution in [1.82, 2.24) is 14.7 Å². The number of carbonyl (C=O) groups excluding carboxylic acids is 1. The summed E-state index contributed by atoms with van der Waals surface area (Å²) in [6.45, 7) is 2.72. The molecule has 15 heavy (non-hydrogen) atoms. The standard InChI is InChI=1S/C10H16N4O/c1-3-14(7-4-5-7)10(15)8-6-12-13(2)9(8)11/h6-7H,3-5,11H2,1-2H3. The molecule has 0 spiro atoms. The van der Waals surface area contributed by atoms with E-state index in [0.717, 1.165) is 19.4 Å². The van der Waals surface area contributed by atoms with Crippen LogP contribution in [-0.2, 0) is 7.05 Å². The SMILES string of the molecule is CCN(C(=O)c1cnn(C)c1N)C1CC1. The van der Waals surface area contributed by atoms with Crippen molar-refractivity contribution in [2.45, 2.75) is 25.8 Å². The largest absolute Gasteiger partial charge is 0.383 e. The van der Waals surface area contributed by atoms with Crippen LogP contribution in [-0.4, -0.2) is 33.2 Å². The van der Waals surface area contributed by atoms with Crippen LogP contribution in [0, 0.1) is 0 Å². The van der Waals surface area contributed by atoms with Gasteiger partial charge in [0.05, 0.1) is 6.20 Å². The van der Waals surface area contributed by atoms with Crippen molar-refractivity contribution in [2.75, 3.05) is 12.3 Å². The molecule has 0 radical (unpaired) electrons. The highest BCUT2D eigenvalue weighted by Gasteiger charge is 2.33. The molecule has 2 N–H and O–H groups in total. The summed E-state index contributed by atoms with van der Waals surface area (Å²) in [6.07, 6.45) is 3.77. The van der Waals surface area contributed by atoms with E-state index in [1.165, 1.54) is 4.68 Å². The quantitative estimate of drug-likeness (QED) is 0.792. The average molecular weight is 208 g/mol. The second-order valence-corrected chi connectivity index (χ2v) is 3.89. The lowest BCUT2D eigenvalue weighted by Gasteiger charge is -2.19. The zero-order valence-corrected chi connectivity index (χ0v) is 9.10. The zero-order valence-electron chi connectivity index (χ0n) is 9.10. The van der Waals surface area contributed by atoms with Gasteiger partial charge in [-0.15, -0.1) is 0 Å². The Bertz CT molecular complexity index is 381. The molecule has 0 unspecified atom stereocenters. The first-order valence-electron chi connectivity index (χ1n) is 5.23. The van der Waals surface area contributed by atoms with Gasteiger partial charge in [0.1, 0.15) is 11.4 Å². The number of aromatic nitrogens is 2. The van der Waals surface area contributed by atoms with Gasteiger partial charge in [-0.2, -0.15) is 5.10 Å². The van der Waals surface area contributed by atoms with Gasteiger partial charge in [-0.1, -0.05) is 0 Å². The minimum atomic E-state index is 0.00519. The molecule has 1 amide bonds. The van der Waals surface area contributed by atoms with Crippen molar-refractivity contribution in [3.05, 3.63) is 11.8 Å². The molecule has 82 valence electrons. The number of amides is 1. The first-order valence-corrected chi connectivity index (χ1v) is 5.23. The average Bonchev–Trinajstić information content (AvgIpc) is 2.98. The maximum atomic E-state index is 12.1. The van der Waals surface area contributed by atoms with E-state index in [2.05, 4.69) is 5.10 Å². The van der Waals surface area contributed by atoms with Gasteiger partial charge in [0.25, 0.3) is 5.91 Å². The van der Waals surface area contributed by atoms with E-state index in [4.69, 9.17) is 5.73 Å². The Morgan fingerprint density at radius 2 is 2.40 bits per heavy atom. The molecule has 1 aromatic rings. The topological polar surface area (TPSA) is 64.2 Å². The molecule has 1 aromatic heterocycles. The van der Waals surface area contributed by atoms with Crippen molar-refractivity contribution in [3.8, 4) is 0 Å². The molecule has 5 nitrogen and oxygen atoms in total. The number of rotatable bonds is 3. The van der Waals surface area contributed by atoms with Crippen molar-refractivity contribution < 1.29 is 4.79 Å². The van der Waals surface area contributed by atoms with Gasteiger partial charge in [-0.05, 0) is 19.8 Å². The molecule has 0 bridgehead atoms. The maximum Gasteiger partial charge on any atom is 0.259 e. The Labute approximate surface area is 88.8 Å². The molecule has 1 aliphatic carbocycles. The van der Waals surface area contributed by atoms with Crippen molar-refractivity contribution in [1.29, 1.82) is 0 Å². The first kappa shape index (κ1) is 10.0. The lowest BCUT2D eigenvalue weighted by molar-refractivity contribution is 0.0753. The Morgan fingerprint density at radius 3 is 2.80 bits per heavy atom. The first-order chi connectivity index (χ1) is 7.15. The van der Waals surface area contributed by atoms with E-state index in [1.54, 1.807) is 13.2 Å². The summed E-state index contributed by atoms with van der Waals surface area (Å²) < 4.78 is 1.52. The van der Waals surface area contributed by atoms with Crippen LogP contribution in [0.25, 0.3) is 0 Å². The molecule has 0 saturated heterocycles. The summed E-state index contributed by atoms with van der Waals surface area (Å²) in [5, 5.41) is 3.98. The summed E-state index contributed by atoms with van der Waals surface area (Å²) in [6, 6.07) is 0.419. The Kier molecular flexibility index (Phi) is 2.38. The molecule has 0 aliphatic heterocycles. The highest BCUT2D eigenvalue weighted by molar-refractivity contribution is 5.98. The van der Waals surface area contributed by atoms with Crippen LogP contribution in [0.3, 0.4) is 0 Å². The van der Waals surface area contributed by atoms with Crippen LogP contribution in [0.2, 0.25) is 0 Å². The fourth-order valence-electron chi connectivity index (χ4n) is 1.72. The Hall–Kier alpha value is -1.52. The molecule has 1 aliphatic rings. The molecule has 0 aromatic carbocycles. The van der Waals surface area contributed by atoms with Crippen LogP contribution in [0.1, 0.15) is 30.1 Å². The van der Waals surface area contributed by atoms with Gasteiger partial charge in [-0.3, -0.25) is 9.48 Å². The van der Waals surface area contributed by atoms with E-state index in [0.29, 0.717) is 17.4 Å². The van der Waals surface area contributed by atoms with E-state index in [-0.39, 0.29) is 5.91 Å². The van der Waals surface area contributed by atoms with E-state index >= 15 is 0 Å². The lowest BCUT2D eigenvalue weighted by Crippen LogP contribution is -2.33. The van der Waals surface area contributed by atoms with Crippen molar-refractivity contribution >= 4 is 11.7 Å². The summed E-state index contributed by atoms with van der Waals surface area (Å²) in [5.41, 5.74) is 6.29. The molecule has 2 rings (SSSR count). The number of nitrogens with two attached hydrogens (primary N) is 1. The third-order valence-electron chi connectivity index (χ3n) is 2.80. The summed E-state index contributed by atoms with van der Waals surface area (Å²) >= 11 is 0. The molecular formula is C10H16N4O. The molecule has 0 atom stereocenters. The molecular weight excluding hydrogens is 192 g/mol. The third-order valence-corrected chi connectivity index (χ3v) is 2.80. The van der Waals surface area contributed by atoms with Crippen molar-refractivity contribution in [2.24, 2.45) is 7.05 Å². The minimum absolute atomic E-state index is 0.00519. The highest BCUT2D eigenvalue weighted by atomic mass is 16.2. The predicted molar refractivity (Wildman–Crippen MR) is 57.4 cm³/mol. The van der Waals surface area contributed by atoms with Gasteiger partial charge in [0.15, 0.2) is 0 Å². The summed E-state index contributed by atoms with van der Waals surface area (Å²) in [4.78, 5) is 14.0. The fourth-order valence-corrected chi connectivity index (χ4v) is 1.72. The molecule has 1 saturated carbocycles. The van der Waals surface area contributed by atoms with E-state index < -0.39 is 0 Å². The van der Waals surface area contributed by atoms with Crippen LogP contribution in [0.5, 0.6) is 0 Å². The van der Waals surface area contributed by atoms with Crippen LogP contribution < -0.4 is 5.73 Å². The lowest BCUT2D eigenvalue weighted by atomic mass is 10.2. The zero-order chi connectivity index (χ0) is 11.0. The van der Waals surface area contributed by atoms with Gasteiger partial charge >= 0.3 is 0 Å². The second-order valence-electron chi connectivity index (χ2n) is 3.89. The van der Waals surface area contributed by atoms with E-state index in [9.17, 15) is 4.79 Å². The van der Waals surface area contributed by atoms with Gasteiger partial charge in [0.2, 0.25) is 0 Å². The molecule has 1 heterocycles. The number of carbonyl (C=O) groups is 1. The number of nitrogen functional groups attached to an aromatic ring is 1. The third kappa shape index (κ3) is 1.69. The number of hydrogen-bond donors (Lipinski definition) is 1. The van der Waals surface area contributed by atoms with Crippen molar-refractivity contribution in [3.63, 3.8) is 0 Å². The maximum absolute atomic E-state index is 12.1. The van der Waals surface area contributed by atoms with Gasteiger partial charge in [-0.25, -0.2) is 0 Å². The highest BCUT2D eigenvalue weighted by Crippen LogP contribution is 2.28. The van der Waals surface area contributed by atoms with Crippen LogP contribution >= 0.6 is 0 Å². The number of nitrogens with zero attached hydrogens (tertiary/aromatic N) is 3. The smallest absolute Gasteiger partial charge is 0.259 e. The van der Waals surface area contributed by atoms with Gasteiger partial charge in [0, 0.05) is 19.6 Å². The van der Waals surface area contributed by atoms with Crippen LogP contribution in [0.4, 0.5) is 5.82 Å². The Balaban J connectivity index is 2.22.